The number of amides is 1. The van der Waals surface area contributed by atoms with Gasteiger partial charge in [-0.3, -0.25) is 0 Å². The highest BCUT2D eigenvalue weighted by atomic mass is 16.6. The average Bonchev–Trinajstić information content (AvgIpc) is 2.73. The zero-order valence-corrected chi connectivity index (χ0v) is 18.7. The van der Waals surface area contributed by atoms with Crippen molar-refractivity contribution in [2.45, 2.75) is 45.3 Å². The summed E-state index contributed by atoms with van der Waals surface area (Å²) in [6, 6.07) is 7.22. The van der Waals surface area contributed by atoms with E-state index in [0.717, 1.165) is 5.69 Å². The van der Waals surface area contributed by atoms with Crippen molar-refractivity contribution in [3.63, 3.8) is 0 Å². The van der Waals surface area contributed by atoms with E-state index >= 15 is 0 Å². The van der Waals surface area contributed by atoms with Gasteiger partial charge in [0.1, 0.15) is 35.3 Å². The second-order valence-corrected chi connectivity index (χ2v) is 8.22. The van der Waals surface area contributed by atoms with Crippen molar-refractivity contribution in [3.05, 3.63) is 30.6 Å². The molecular formula is C22H30N4O5. The van der Waals surface area contributed by atoms with Gasteiger partial charge in [-0.05, 0) is 32.9 Å². The zero-order chi connectivity index (χ0) is 22.4. The van der Waals surface area contributed by atoms with E-state index in [4.69, 9.17) is 18.9 Å². The van der Waals surface area contributed by atoms with Crippen LogP contribution in [0, 0.1) is 0 Å². The average molecular weight is 431 g/mol. The summed E-state index contributed by atoms with van der Waals surface area (Å²) in [6.07, 6.45) is 2.55. The summed E-state index contributed by atoms with van der Waals surface area (Å²) in [5.74, 6) is 2.39. The molecule has 0 aliphatic carbocycles. The lowest BCUT2D eigenvalue weighted by Gasteiger charge is -2.33. The number of hydrogen-bond donors (Lipinski definition) is 1. The Morgan fingerprint density at radius 3 is 2.48 bits per heavy atom. The maximum Gasteiger partial charge on any atom is 0.410 e. The summed E-state index contributed by atoms with van der Waals surface area (Å²) in [4.78, 5) is 22.4. The van der Waals surface area contributed by atoms with E-state index in [-0.39, 0.29) is 12.2 Å². The van der Waals surface area contributed by atoms with Crippen molar-refractivity contribution in [2.75, 3.05) is 32.6 Å². The van der Waals surface area contributed by atoms with E-state index in [1.165, 1.54) is 6.33 Å². The van der Waals surface area contributed by atoms with Crippen molar-refractivity contribution in [1.29, 1.82) is 0 Å². The summed E-state index contributed by atoms with van der Waals surface area (Å²) in [5, 5.41) is 3.21. The minimum atomic E-state index is -0.499. The molecule has 2 aromatic rings. The van der Waals surface area contributed by atoms with Crippen LogP contribution in [0.5, 0.6) is 17.4 Å². The molecule has 1 aliphatic heterocycles. The first-order valence-electron chi connectivity index (χ1n) is 10.2. The number of methoxy groups -OCH3 is 2. The maximum atomic E-state index is 12.2. The van der Waals surface area contributed by atoms with Crippen LogP contribution in [0.25, 0.3) is 0 Å². The number of benzene rings is 1. The molecule has 1 aromatic carbocycles. The lowest BCUT2D eigenvalue weighted by atomic mass is 10.1. The van der Waals surface area contributed by atoms with Gasteiger partial charge in [0, 0.05) is 38.1 Å². The normalized spacial score (nSPS) is 14.7. The number of piperidine rings is 1. The maximum absolute atomic E-state index is 12.2. The number of carbonyl (C=O) groups is 1. The lowest BCUT2D eigenvalue weighted by molar-refractivity contribution is 0.0123. The third-order valence-corrected chi connectivity index (χ3v) is 4.69. The Labute approximate surface area is 182 Å². The number of anilines is 2. The third kappa shape index (κ3) is 6.37. The van der Waals surface area contributed by atoms with Gasteiger partial charge in [0.05, 0.1) is 19.9 Å². The molecule has 0 unspecified atom stereocenters. The third-order valence-electron chi connectivity index (χ3n) is 4.69. The van der Waals surface area contributed by atoms with Crippen LogP contribution >= 0.6 is 0 Å². The molecule has 0 spiro atoms. The fourth-order valence-corrected chi connectivity index (χ4v) is 3.17. The standard InChI is InChI=1S/C22H30N4O5/c1-22(2,3)31-21(27)26-10-8-15(9-11-26)30-20-13-19(23-14-24-20)25-17-7-6-16(28-4)12-18(17)29-5/h6-7,12-15H,8-11H2,1-5H3,(H,23,24,25). The number of aromatic nitrogens is 2. The fraction of sp³-hybridized carbons (Fsp3) is 0.500. The van der Waals surface area contributed by atoms with E-state index in [0.29, 0.717) is 49.1 Å². The Morgan fingerprint density at radius 1 is 1.10 bits per heavy atom. The van der Waals surface area contributed by atoms with Crippen LogP contribution in [0.15, 0.2) is 30.6 Å². The smallest absolute Gasteiger partial charge is 0.410 e. The number of nitrogens with one attached hydrogen (secondary N) is 1. The largest absolute Gasteiger partial charge is 0.497 e. The quantitative estimate of drug-likeness (QED) is 0.734. The number of hydrogen-bond acceptors (Lipinski definition) is 8. The monoisotopic (exact) mass is 430 g/mol. The van der Waals surface area contributed by atoms with Crippen LogP contribution in [-0.2, 0) is 4.74 Å². The molecule has 1 aliphatic rings. The Kier molecular flexibility index (Phi) is 7.04. The summed E-state index contributed by atoms with van der Waals surface area (Å²) >= 11 is 0. The van der Waals surface area contributed by atoms with Gasteiger partial charge >= 0.3 is 6.09 Å². The highest BCUT2D eigenvalue weighted by molar-refractivity contribution is 5.68. The van der Waals surface area contributed by atoms with Crippen LogP contribution < -0.4 is 19.5 Å². The topological polar surface area (TPSA) is 95.0 Å². The van der Waals surface area contributed by atoms with Crippen LogP contribution in [0.3, 0.4) is 0 Å². The van der Waals surface area contributed by atoms with Gasteiger partial charge in [-0.15, -0.1) is 0 Å². The van der Waals surface area contributed by atoms with E-state index in [1.807, 2.05) is 32.9 Å². The van der Waals surface area contributed by atoms with Crippen molar-refractivity contribution in [1.82, 2.24) is 14.9 Å². The van der Waals surface area contributed by atoms with Crippen molar-refractivity contribution in [3.8, 4) is 17.4 Å². The minimum absolute atomic E-state index is 0.0306. The molecule has 0 atom stereocenters. The van der Waals surface area contributed by atoms with Gasteiger partial charge in [-0.2, -0.15) is 0 Å². The first-order valence-corrected chi connectivity index (χ1v) is 10.2. The summed E-state index contributed by atoms with van der Waals surface area (Å²) in [6.45, 7) is 6.76. The molecule has 0 radical (unpaired) electrons. The van der Waals surface area contributed by atoms with E-state index < -0.39 is 5.60 Å². The molecule has 1 fully saturated rings. The molecule has 1 saturated heterocycles. The minimum Gasteiger partial charge on any atom is -0.497 e. The molecule has 168 valence electrons. The highest BCUT2D eigenvalue weighted by Crippen LogP contribution is 2.31. The lowest BCUT2D eigenvalue weighted by Crippen LogP contribution is -2.44. The Hall–Kier alpha value is -3.23. The Bertz CT molecular complexity index is 892. The highest BCUT2D eigenvalue weighted by Gasteiger charge is 2.27. The van der Waals surface area contributed by atoms with Gasteiger partial charge in [0.15, 0.2) is 0 Å². The molecule has 3 rings (SSSR count). The van der Waals surface area contributed by atoms with Crippen molar-refractivity contribution < 1.29 is 23.7 Å². The molecular weight excluding hydrogens is 400 g/mol. The predicted octanol–water partition coefficient (Wildman–Crippen LogP) is 4.02. The Morgan fingerprint density at radius 2 is 1.84 bits per heavy atom. The first-order chi connectivity index (χ1) is 14.8. The van der Waals surface area contributed by atoms with Crippen molar-refractivity contribution >= 4 is 17.6 Å². The van der Waals surface area contributed by atoms with Crippen LogP contribution in [0.1, 0.15) is 33.6 Å². The number of nitrogens with zero attached hydrogens (tertiary/aromatic N) is 3. The number of rotatable bonds is 6. The molecule has 9 nitrogen and oxygen atoms in total. The van der Waals surface area contributed by atoms with Gasteiger partial charge in [0.2, 0.25) is 5.88 Å². The molecule has 1 aromatic heterocycles. The molecule has 9 heteroatoms. The summed E-state index contributed by atoms with van der Waals surface area (Å²) in [5.41, 5.74) is 0.250. The SMILES string of the molecule is COc1ccc(Nc2cc(OC3CCN(C(=O)OC(C)(C)C)CC3)ncn2)c(OC)c1. The van der Waals surface area contributed by atoms with Crippen LogP contribution in [0.2, 0.25) is 0 Å². The van der Waals surface area contributed by atoms with Gasteiger partial charge in [-0.1, -0.05) is 0 Å². The van der Waals surface area contributed by atoms with Gasteiger partial charge in [0.25, 0.3) is 0 Å². The number of ether oxygens (including phenoxy) is 4. The van der Waals surface area contributed by atoms with E-state index in [1.54, 1.807) is 31.3 Å². The predicted molar refractivity (Wildman–Crippen MR) is 116 cm³/mol. The van der Waals surface area contributed by atoms with Crippen molar-refractivity contribution in [2.24, 2.45) is 0 Å². The molecule has 0 bridgehead atoms. The first kappa shape index (κ1) is 22.5. The second-order valence-electron chi connectivity index (χ2n) is 8.22. The van der Waals surface area contributed by atoms with Crippen LogP contribution in [0.4, 0.5) is 16.3 Å². The molecule has 31 heavy (non-hydrogen) atoms. The number of likely N-dealkylation sites (tertiary alicyclic amines) is 1. The number of carbonyl (C=O) groups excluding carboxylic acids is 1. The molecule has 2 heterocycles. The van der Waals surface area contributed by atoms with Crippen LogP contribution in [-0.4, -0.2) is 60.0 Å². The molecule has 0 saturated carbocycles. The molecule has 1 amide bonds. The summed E-state index contributed by atoms with van der Waals surface area (Å²) in [7, 11) is 3.20. The second kappa shape index (κ2) is 9.72. The molecule has 1 N–H and O–H groups in total. The van der Waals surface area contributed by atoms with E-state index in [2.05, 4.69) is 15.3 Å². The van der Waals surface area contributed by atoms with E-state index in [9.17, 15) is 4.79 Å². The van der Waals surface area contributed by atoms with Gasteiger partial charge in [-0.25, -0.2) is 14.8 Å². The Balaban J connectivity index is 1.58. The van der Waals surface area contributed by atoms with Gasteiger partial charge < -0.3 is 29.2 Å². The summed E-state index contributed by atoms with van der Waals surface area (Å²) < 4.78 is 22.1. The zero-order valence-electron chi connectivity index (χ0n) is 18.7. The fourth-order valence-electron chi connectivity index (χ4n) is 3.17.